The van der Waals surface area contributed by atoms with Crippen molar-refractivity contribution < 1.29 is 18.0 Å². The van der Waals surface area contributed by atoms with Crippen LogP contribution in [0.4, 0.5) is 13.2 Å². The van der Waals surface area contributed by atoms with Crippen molar-refractivity contribution in [2.24, 2.45) is 0 Å². The number of halogens is 4. The van der Waals surface area contributed by atoms with Gasteiger partial charge in [0.1, 0.15) is 0 Å². The van der Waals surface area contributed by atoms with Crippen molar-refractivity contribution in [2.45, 2.75) is 18.5 Å². The average molecular weight is 279 g/mol. The number of nitrogens with zero attached hydrogens (tertiary/aromatic N) is 1. The van der Waals surface area contributed by atoms with Crippen molar-refractivity contribution >= 4 is 30.1 Å². The highest BCUT2D eigenvalue weighted by atomic mass is 35.5. The highest BCUT2D eigenvalue weighted by molar-refractivity contribution is 8.00. The Morgan fingerprint density at radius 2 is 2.19 bits per heavy atom. The van der Waals surface area contributed by atoms with Crippen LogP contribution in [0.3, 0.4) is 0 Å². The zero-order chi connectivity index (χ0) is 11.5. The van der Waals surface area contributed by atoms with E-state index in [9.17, 15) is 18.0 Å². The van der Waals surface area contributed by atoms with Gasteiger partial charge in [0.15, 0.2) is 0 Å². The normalized spacial score (nSPS) is 21.5. The van der Waals surface area contributed by atoms with Crippen molar-refractivity contribution in [3.05, 3.63) is 0 Å². The monoisotopic (exact) mass is 278 g/mol. The Labute approximate surface area is 103 Å². The lowest BCUT2D eigenvalue weighted by Gasteiger charge is -2.31. The van der Waals surface area contributed by atoms with Crippen molar-refractivity contribution in [3.63, 3.8) is 0 Å². The number of piperazine rings is 1. The molecule has 0 bridgehead atoms. The van der Waals surface area contributed by atoms with E-state index < -0.39 is 17.2 Å². The van der Waals surface area contributed by atoms with E-state index in [-0.39, 0.29) is 30.2 Å². The average Bonchev–Trinajstić information content (AvgIpc) is 2.13. The Morgan fingerprint density at radius 1 is 1.56 bits per heavy atom. The molecule has 1 aliphatic heterocycles. The predicted molar refractivity (Wildman–Crippen MR) is 59.8 cm³/mol. The third-order valence-electron chi connectivity index (χ3n) is 2.08. The summed E-state index contributed by atoms with van der Waals surface area (Å²) in [5, 5.41) is 3.12. The molecule has 0 saturated carbocycles. The van der Waals surface area contributed by atoms with Gasteiger partial charge in [-0.1, -0.05) is 0 Å². The molecule has 96 valence electrons. The molecule has 1 atom stereocenters. The highest BCUT2D eigenvalue weighted by Crippen LogP contribution is 2.30. The van der Waals surface area contributed by atoms with Crippen LogP contribution in [0.2, 0.25) is 0 Å². The quantitative estimate of drug-likeness (QED) is 0.830. The number of thioether (sulfide) groups is 1. The Kier molecular flexibility index (Phi) is 6.50. The zero-order valence-corrected chi connectivity index (χ0v) is 10.3. The Hall–Kier alpha value is -0.140. The summed E-state index contributed by atoms with van der Waals surface area (Å²) in [4.78, 5) is 12.8. The second-order valence-corrected chi connectivity index (χ2v) is 4.47. The lowest BCUT2D eigenvalue weighted by molar-refractivity contribution is -0.129. The molecule has 0 unspecified atom stereocenters. The Morgan fingerprint density at radius 3 is 2.69 bits per heavy atom. The van der Waals surface area contributed by atoms with Crippen molar-refractivity contribution in [1.29, 1.82) is 0 Å². The number of carbonyl (C=O) groups excluding carboxylic acids is 1. The SMILES string of the molecule is C[C@@H]1CN(C(=O)CSC(F)(F)F)CCN1.Cl. The first kappa shape index (κ1) is 15.9. The molecule has 3 nitrogen and oxygen atoms in total. The number of alkyl halides is 3. The molecule has 1 heterocycles. The fraction of sp³-hybridized carbons (Fsp3) is 0.875. The third-order valence-corrected chi connectivity index (χ3v) is 2.80. The number of rotatable bonds is 2. The highest BCUT2D eigenvalue weighted by Gasteiger charge is 2.31. The molecule has 0 aromatic carbocycles. The fourth-order valence-electron chi connectivity index (χ4n) is 1.39. The van der Waals surface area contributed by atoms with Gasteiger partial charge >= 0.3 is 5.51 Å². The summed E-state index contributed by atoms with van der Waals surface area (Å²) < 4.78 is 35.5. The van der Waals surface area contributed by atoms with Crippen molar-refractivity contribution in [1.82, 2.24) is 10.2 Å². The zero-order valence-electron chi connectivity index (χ0n) is 8.71. The lowest BCUT2D eigenvalue weighted by Crippen LogP contribution is -2.51. The second-order valence-electron chi connectivity index (χ2n) is 3.43. The van der Waals surface area contributed by atoms with Gasteiger partial charge in [-0.05, 0) is 18.7 Å². The van der Waals surface area contributed by atoms with E-state index in [0.29, 0.717) is 19.6 Å². The molecular formula is C8H14ClF3N2OS. The maximum atomic E-state index is 11.8. The summed E-state index contributed by atoms with van der Waals surface area (Å²) in [7, 11) is 0. The molecule has 1 amide bonds. The smallest absolute Gasteiger partial charge is 0.339 e. The molecule has 0 radical (unpaired) electrons. The fourth-order valence-corrected chi connectivity index (χ4v) is 1.86. The molecule has 0 aromatic heterocycles. The maximum absolute atomic E-state index is 11.8. The molecule has 16 heavy (non-hydrogen) atoms. The molecule has 8 heteroatoms. The number of amides is 1. The minimum Gasteiger partial charge on any atom is -0.339 e. The number of hydrogen-bond acceptors (Lipinski definition) is 3. The summed E-state index contributed by atoms with van der Waals surface area (Å²) >= 11 is -0.275. The van der Waals surface area contributed by atoms with Crippen LogP contribution in [0.1, 0.15) is 6.92 Å². The molecule has 0 aromatic rings. The van der Waals surface area contributed by atoms with E-state index in [1.54, 1.807) is 0 Å². The standard InChI is InChI=1S/C8H13F3N2OS.ClH/c1-6-4-13(3-2-12-6)7(14)5-15-8(9,10)11;/h6,12H,2-5H2,1H3;1H/t6-;/m1./s1. The number of nitrogens with one attached hydrogen (secondary N) is 1. The van der Waals surface area contributed by atoms with Crippen molar-refractivity contribution in [3.8, 4) is 0 Å². The van der Waals surface area contributed by atoms with Gasteiger partial charge in [-0.15, -0.1) is 12.4 Å². The van der Waals surface area contributed by atoms with Crippen LogP contribution in [0.5, 0.6) is 0 Å². The van der Waals surface area contributed by atoms with Gasteiger partial charge in [-0.2, -0.15) is 13.2 Å². The van der Waals surface area contributed by atoms with Gasteiger partial charge in [-0.3, -0.25) is 4.79 Å². The van der Waals surface area contributed by atoms with Crippen LogP contribution >= 0.6 is 24.2 Å². The van der Waals surface area contributed by atoms with Gasteiger partial charge < -0.3 is 10.2 Å². The van der Waals surface area contributed by atoms with Gasteiger partial charge in [0.2, 0.25) is 5.91 Å². The summed E-state index contributed by atoms with van der Waals surface area (Å²) in [6.45, 7) is 3.51. The van der Waals surface area contributed by atoms with Crippen LogP contribution in [-0.2, 0) is 4.79 Å². The van der Waals surface area contributed by atoms with Crippen LogP contribution in [-0.4, -0.2) is 47.7 Å². The van der Waals surface area contributed by atoms with Crippen LogP contribution in [0, 0.1) is 0 Å². The summed E-state index contributed by atoms with van der Waals surface area (Å²) in [5.74, 6) is -0.957. The Balaban J connectivity index is 0.00000225. The van der Waals surface area contributed by atoms with E-state index in [4.69, 9.17) is 0 Å². The third kappa shape index (κ3) is 5.81. The molecular weight excluding hydrogens is 265 g/mol. The van der Waals surface area contributed by atoms with Crippen molar-refractivity contribution in [2.75, 3.05) is 25.4 Å². The summed E-state index contributed by atoms with van der Waals surface area (Å²) in [6.07, 6.45) is 0. The van der Waals surface area contributed by atoms with E-state index in [2.05, 4.69) is 5.32 Å². The minimum absolute atomic E-state index is 0. The van der Waals surface area contributed by atoms with E-state index >= 15 is 0 Å². The first-order chi connectivity index (χ1) is 6.88. The number of hydrogen-bond donors (Lipinski definition) is 1. The van der Waals surface area contributed by atoms with Gasteiger partial charge in [0.25, 0.3) is 0 Å². The topological polar surface area (TPSA) is 32.3 Å². The molecule has 1 aliphatic rings. The second kappa shape index (κ2) is 6.56. The summed E-state index contributed by atoms with van der Waals surface area (Å²) in [5.41, 5.74) is -4.32. The largest absolute Gasteiger partial charge is 0.442 e. The maximum Gasteiger partial charge on any atom is 0.442 e. The summed E-state index contributed by atoms with van der Waals surface area (Å²) in [6, 6.07) is 0.151. The lowest BCUT2D eigenvalue weighted by atomic mass is 10.2. The van der Waals surface area contributed by atoms with Gasteiger partial charge in [-0.25, -0.2) is 0 Å². The van der Waals surface area contributed by atoms with Crippen LogP contribution in [0.25, 0.3) is 0 Å². The molecule has 1 saturated heterocycles. The first-order valence-corrected chi connectivity index (χ1v) is 5.59. The predicted octanol–water partition coefficient (Wildman–Crippen LogP) is 1.48. The van der Waals surface area contributed by atoms with Crippen LogP contribution < -0.4 is 5.32 Å². The van der Waals surface area contributed by atoms with E-state index in [1.807, 2.05) is 6.92 Å². The van der Waals surface area contributed by atoms with E-state index in [0.717, 1.165) is 0 Å². The minimum atomic E-state index is -4.32. The Bertz CT molecular complexity index is 240. The first-order valence-electron chi connectivity index (χ1n) is 4.60. The molecule has 0 aliphatic carbocycles. The molecule has 0 spiro atoms. The molecule has 1 N–H and O–H groups in total. The van der Waals surface area contributed by atoms with Crippen LogP contribution in [0.15, 0.2) is 0 Å². The molecule has 1 fully saturated rings. The number of carbonyl (C=O) groups is 1. The van der Waals surface area contributed by atoms with Gasteiger partial charge in [0, 0.05) is 25.7 Å². The molecule has 1 rings (SSSR count). The van der Waals surface area contributed by atoms with E-state index in [1.165, 1.54) is 4.90 Å². The van der Waals surface area contributed by atoms with Gasteiger partial charge in [0.05, 0.1) is 5.75 Å².